The first kappa shape index (κ1) is 12.9. The fourth-order valence-electron chi connectivity index (χ4n) is 2.23. The third-order valence-corrected chi connectivity index (χ3v) is 3.24. The van der Waals surface area contributed by atoms with Gasteiger partial charge in [0.05, 0.1) is 0 Å². The molecule has 1 aromatic heterocycles. The molecular weight excluding hydrogens is 232 g/mol. The Bertz CT molecular complexity index is 405. The first-order valence-corrected chi connectivity index (χ1v) is 6.51. The highest BCUT2D eigenvalue weighted by molar-refractivity contribution is 5.75. The van der Waals surface area contributed by atoms with Gasteiger partial charge in [0.1, 0.15) is 0 Å². The van der Waals surface area contributed by atoms with Gasteiger partial charge in [-0.1, -0.05) is 6.92 Å². The van der Waals surface area contributed by atoms with Gasteiger partial charge in [-0.3, -0.25) is 4.79 Å². The summed E-state index contributed by atoms with van der Waals surface area (Å²) in [7, 11) is 1.67. The summed E-state index contributed by atoms with van der Waals surface area (Å²) in [6, 6.07) is 0. The predicted molar refractivity (Wildman–Crippen MR) is 67.3 cm³/mol. The second-order valence-corrected chi connectivity index (χ2v) is 4.72. The van der Waals surface area contributed by atoms with E-state index in [1.807, 2.05) is 0 Å². The molecule has 0 saturated carbocycles. The predicted octanol–water partition coefficient (Wildman–Crippen LogP) is 0.984. The number of carbonyl (C=O) groups excluding carboxylic acids is 1. The van der Waals surface area contributed by atoms with Crippen LogP contribution in [0.3, 0.4) is 0 Å². The number of hydrogen-bond acceptors (Lipinski definition) is 5. The van der Waals surface area contributed by atoms with Crippen LogP contribution in [0.2, 0.25) is 0 Å². The molecular formula is C12H20N4O2. The van der Waals surface area contributed by atoms with E-state index in [4.69, 9.17) is 4.52 Å². The number of anilines is 1. The van der Waals surface area contributed by atoms with E-state index in [0.717, 1.165) is 32.4 Å². The first-order chi connectivity index (χ1) is 8.72. The highest BCUT2D eigenvalue weighted by Gasteiger charge is 2.27. The number of hydrogen-bond donors (Lipinski definition) is 1. The van der Waals surface area contributed by atoms with Crippen LogP contribution >= 0.6 is 0 Å². The van der Waals surface area contributed by atoms with Crippen molar-refractivity contribution < 1.29 is 9.32 Å². The maximum Gasteiger partial charge on any atom is 0.266 e. The molecule has 0 bridgehead atoms. The van der Waals surface area contributed by atoms with Crippen LogP contribution in [0, 0.1) is 5.92 Å². The lowest BCUT2D eigenvalue weighted by molar-refractivity contribution is -0.121. The zero-order valence-electron chi connectivity index (χ0n) is 11.0. The third kappa shape index (κ3) is 3.00. The van der Waals surface area contributed by atoms with Crippen LogP contribution in [0.15, 0.2) is 4.52 Å². The molecule has 1 atom stereocenters. The molecule has 1 amide bonds. The molecule has 1 unspecified atom stereocenters. The van der Waals surface area contributed by atoms with Gasteiger partial charge in [0.2, 0.25) is 11.8 Å². The Morgan fingerprint density at radius 1 is 1.61 bits per heavy atom. The maximum absolute atomic E-state index is 11.3. The molecule has 1 N–H and O–H groups in total. The van der Waals surface area contributed by atoms with Crippen molar-refractivity contribution in [3.8, 4) is 0 Å². The topological polar surface area (TPSA) is 71.3 Å². The fourth-order valence-corrected chi connectivity index (χ4v) is 2.23. The number of nitrogens with one attached hydrogen (secondary N) is 1. The standard InChI is InChI=1S/C12H20N4O2/c1-3-4-11-14-12(15-18-11)16-6-5-9(8-16)7-10(17)13-2/h9H,3-8H2,1-2H3,(H,13,17). The van der Waals surface area contributed by atoms with Crippen molar-refractivity contribution in [2.45, 2.75) is 32.6 Å². The molecule has 1 saturated heterocycles. The average Bonchev–Trinajstić information content (AvgIpc) is 2.98. The van der Waals surface area contributed by atoms with E-state index in [2.05, 4.69) is 27.3 Å². The number of nitrogens with zero attached hydrogens (tertiary/aromatic N) is 3. The Labute approximate surface area is 107 Å². The molecule has 0 radical (unpaired) electrons. The maximum atomic E-state index is 11.3. The van der Waals surface area contributed by atoms with Gasteiger partial charge in [-0.2, -0.15) is 4.98 Å². The van der Waals surface area contributed by atoms with Crippen molar-refractivity contribution in [1.29, 1.82) is 0 Å². The van der Waals surface area contributed by atoms with Gasteiger partial charge in [0.25, 0.3) is 5.95 Å². The molecule has 2 rings (SSSR count). The molecule has 6 heteroatoms. The number of amides is 1. The lowest BCUT2D eigenvalue weighted by Gasteiger charge is -2.12. The molecule has 6 nitrogen and oxygen atoms in total. The summed E-state index contributed by atoms with van der Waals surface area (Å²) in [5.41, 5.74) is 0. The Balaban J connectivity index is 1.89. The normalized spacial score (nSPS) is 19.2. The Hall–Kier alpha value is -1.59. The summed E-state index contributed by atoms with van der Waals surface area (Å²) in [6.45, 7) is 3.81. The van der Waals surface area contributed by atoms with E-state index in [1.165, 1.54) is 0 Å². The minimum Gasteiger partial charge on any atom is -0.359 e. The zero-order chi connectivity index (χ0) is 13.0. The molecule has 0 aliphatic carbocycles. The Morgan fingerprint density at radius 2 is 2.44 bits per heavy atom. The van der Waals surface area contributed by atoms with E-state index < -0.39 is 0 Å². The molecule has 1 aliphatic rings. The summed E-state index contributed by atoms with van der Waals surface area (Å²) >= 11 is 0. The molecule has 18 heavy (non-hydrogen) atoms. The molecule has 1 fully saturated rings. The van der Waals surface area contributed by atoms with Gasteiger partial charge >= 0.3 is 0 Å². The van der Waals surface area contributed by atoms with Crippen LogP contribution in [0.1, 0.15) is 32.1 Å². The fraction of sp³-hybridized carbons (Fsp3) is 0.750. The number of carbonyl (C=O) groups is 1. The molecule has 2 heterocycles. The van der Waals surface area contributed by atoms with Gasteiger partial charge in [0, 0.05) is 33.0 Å². The highest BCUT2D eigenvalue weighted by Crippen LogP contribution is 2.23. The van der Waals surface area contributed by atoms with Gasteiger partial charge in [-0.05, 0) is 23.9 Å². The minimum absolute atomic E-state index is 0.0987. The Kier molecular flexibility index (Phi) is 4.17. The molecule has 0 aromatic carbocycles. The monoisotopic (exact) mass is 252 g/mol. The van der Waals surface area contributed by atoms with Crippen LogP contribution < -0.4 is 10.2 Å². The van der Waals surface area contributed by atoms with Gasteiger partial charge < -0.3 is 14.7 Å². The summed E-state index contributed by atoms with van der Waals surface area (Å²) in [4.78, 5) is 17.8. The van der Waals surface area contributed by atoms with E-state index >= 15 is 0 Å². The van der Waals surface area contributed by atoms with Crippen molar-refractivity contribution in [3.63, 3.8) is 0 Å². The van der Waals surface area contributed by atoms with E-state index in [-0.39, 0.29) is 5.91 Å². The lowest BCUT2D eigenvalue weighted by Crippen LogP contribution is -2.24. The average molecular weight is 252 g/mol. The summed E-state index contributed by atoms with van der Waals surface area (Å²) < 4.78 is 5.17. The number of aryl methyl sites for hydroxylation is 1. The molecule has 1 aliphatic heterocycles. The zero-order valence-corrected chi connectivity index (χ0v) is 11.0. The van der Waals surface area contributed by atoms with Crippen molar-refractivity contribution in [1.82, 2.24) is 15.5 Å². The molecule has 0 spiro atoms. The smallest absolute Gasteiger partial charge is 0.266 e. The van der Waals surface area contributed by atoms with Crippen molar-refractivity contribution in [2.75, 3.05) is 25.0 Å². The van der Waals surface area contributed by atoms with E-state index in [0.29, 0.717) is 24.2 Å². The van der Waals surface area contributed by atoms with E-state index in [1.54, 1.807) is 7.05 Å². The van der Waals surface area contributed by atoms with E-state index in [9.17, 15) is 4.79 Å². The van der Waals surface area contributed by atoms with Crippen LogP contribution in [0.25, 0.3) is 0 Å². The summed E-state index contributed by atoms with van der Waals surface area (Å²) in [5.74, 6) is 1.85. The van der Waals surface area contributed by atoms with Crippen LogP contribution in [0.4, 0.5) is 5.95 Å². The summed E-state index contributed by atoms with van der Waals surface area (Å²) in [6.07, 6.45) is 3.40. The van der Waals surface area contributed by atoms with Crippen LogP contribution in [0.5, 0.6) is 0 Å². The first-order valence-electron chi connectivity index (χ1n) is 6.51. The number of rotatable bonds is 5. The van der Waals surface area contributed by atoms with Gasteiger partial charge in [-0.15, -0.1) is 0 Å². The van der Waals surface area contributed by atoms with Crippen molar-refractivity contribution >= 4 is 11.9 Å². The lowest BCUT2D eigenvalue weighted by atomic mass is 10.1. The summed E-state index contributed by atoms with van der Waals surface area (Å²) in [5, 5.41) is 6.65. The Morgan fingerprint density at radius 3 is 3.17 bits per heavy atom. The second kappa shape index (κ2) is 5.84. The molecule has 1 aromatic rings. The largest absolute Gasteiger partial charge is 0.359 e. The molecule has 100 valence electrons. The van der Waals surface area contributed by atoms with Crippen molar-refractivity contribution in [2.24, 2.45) is 5.92 Å². The van der Waals surface area contributed by atoms with Crippen LogP contribution in [-0.2, 0) is 11.2 Å². The number of aromatic nitrogens is 2. The SMILES string of the molecule is CCCc1nc(N2CCC(CC(=O)NC)C2)no1. The minimum atomic E-state index is 0.0987. The third-order valence-electron chi connectivity index (χ3n) is 3.24. The van der Waals surface area contributed by atoms with Crippen molar-refractivity contribution in [3.05, 3.63) is 5.89 Å². The quantitative estimate of drug-likeness (QED) is 0.846. The highest BCUT2D eigenvalue weighted by atomic mass is 16.5. The van der Waals surface area contributed by atoms with Crippen LogP contribution in [-0.4, -0.2) is 36.2 Å². The second-order valence-electron chi connectivity index (χ2n) is 4.72. The van der Waals surface area contributed by atoms with Gasteiger partial charge in [0.15, 0.2) is 0 Å². The van der Waals surface area contributed by atoms with Gasteiger partial charge in [-0.25, -0.2) is 0 Å².